The van der Waals surface area contributed by atoms with Crippen molar-refractivity contribution in [2.45, 2.75) is 25.1 Å². The highest BCUT2D eigenvalue weighted by Gasteiger charge is 2.42. The summed E-state index contributed by atoms with van der Waals surface area (Å²) in [5.41, 5.74) is 1.63. The molecular formula is C15H16F3N3. The van der Waals surface area contributed by atoms with E-state index < -0.39 is 12.1 Å². The Kier molecular flexibility index (Phi) is 3.71. The van der Waals surface area contributed by atoms with Crippen LogP contribution in [0.5, 0.6) is 0 Å². The molecule has 0 aliphatic carbocycles. The van der Waals surface area contributed by atoms with Gasteiger partial charge in [0, 0.05) is 6.20 Å². The fraction of sp³-hybridized carbons (Fsp3) is 0.400. The fourth-order valence-electron chi connectivity index (χ4n) is 2.80. The average molecular weight is 295 g/mol. The monoisotopic (exact) mass is 295 g/mol. The second-order valence-electron chi connectivity index (χ2n) is 5.27. The number of nitrogens with zero attached hydrogens (tertiary/aromatic N) is 2. The van der Waals surface area contributed by atoms with Gasteiger partial charge in [0.1, 0.15) is 0 Å². The summed E-state index contributed by atoms with van der Waals surface area (Å²) < 4.78 is 40.5. The van der Waals surface area contributed by atoms with Crippen LogP contribution in [0.25, 0.3) is 5.69 Å². The highest BCUT2D eigenvalue weighted by molar-refractivity contribution is 5.33. The predicted octanol–water partition coefficient (Wildman–Crippen LogP) is 3.48. The Hall–Kier alpha value is -1.82. The van der Waals surface area contributed by atoms with E-state index in [1.54, 1.807) is 16.9 Å². The van der Waals surface area contributed by atoms with E-state index in [1.165, 1.54) is 0 Å². The second-order valence-corrected chi connectivity index (χ2v) is 5.27. The van der Waals surface area contributed by atoms with E-state index in [0.717, 1.165) is 11.4 Å². The summed E-state index contributed by atoms with van der Waals surface area (Å²) in [5, 5.41) is 7.42. The first-order valence-corrected chi connectivity index (χ1v) is 6.95. The van der Waals surface area contributed by atoms with Crippen LogP contribution in [0.1, 0.15) is 24.6 Å². The van der Waals surface area contributed by atoms with E-state index in [4.69, 9.17) is 0 Å². The van der Waals surface area contributed by atoms with Crippen molar-refractivity contribution < 1.29 is 13.2 Å². The Labute approximate surface area is 120 Å². The predicted molar refractivity (Wildman–Crippen MR) is 73.1 cm³/mol. The average Bonchev–Trinajstić information content (AvgIpc) is 2.97. The molecule has 21 heavy (non-hydrogen) atoms. The third-order valence-corrected chi connectivity index (χ3v) is 3.90. The molecule has 2 atom stereocenters. The summed E-state index contributed by atoms with van der Waals surface area (Å²) in [6.07, 6.45) is -2.30. The molecule has 0 saturated carbocycles. The Morgan fingerprint density at radius 3 is 2.62 bits per heavy atom. The van der Waals surface area contributed by atoms with Crippen molar-refractivity contribution in [3.63, 3.8) is 0 Å². The lowest BCUT2D eigenvalue weighted by molar-refractivity contribution is -0.183. The zero-order valence-electron chi connectivity index (χ0n) is 11.3. The zero-order chi connectivity index (χ0) is 14.9. The molecular weight excluding hydrogens is 279 g/mol. The third kappa shape index (κ3) is 2.95. The molecule has 112 valence electrons. The van der Waals surface area contributed by atoms with Crippen LogP contribution in [0, 0.1) is 5.92 Å². The van der Waals surface area contributed by atoms with Crippen molar-refractivity contribution in [3.8, 4) is 5.69 Å². The largest absolute Gasteiger partial charge is 0.391 e. The van der Waals surface area contributed by atoms with Crippen LogP contribution in [-0.2, 0) is 0 Å². The van der Waals surface area contributed by atoms with E-state index in [-0.39, 0.29) is 18.9 Å². The first-order valence-electron chi connectivity index (χ1n) is 6.95. The first-order chi connectivity index (χ1) is 10.1. The minimum atomic E-state index is -4.13. The molecule has 1 aliphatic rings. The summed E-state index contributed by atoms with van der Waals surface area (Å²) in [6.45, 7) is 0.370. The Morgan fingerprint density at radius 1 is 1.14 bits per heavy atom. The molecule has 1 fully saturated rings. The quantitative estimate of drug-likeness (QED) is 0.919. The Morgan fingerprint density at radius 2 is 1.90 bits per heavy atom. The standard InChI is InChI=1S/C15H16F3N3/c16-15(17,18)11-6-8-19-13(10-11)14-7-9-20-21(14)12-4-2-1-3-5-12/h1-5,7,9,11,13,19H,6,8,10H2. The minimum absolute atomic E-state index is 0.0576. The molecule has 2 unspecified atom stereocenters. The van der Waals surface area contributed by atoms with E-state index >= 15 is 0 Å². The van der Waals surface area contributed by atoms with Gasteiger partial charge in [0.15, 0.2) is 0 Å². The van der Waals surface area contributed by atoms with Gasteiger partial charge in [0.2, 0.25) is 0 Å². The van der Waals surface area contributed by atoms with Gasteiger partial charge in [0.25, 0.3) is 0 Å². The van der Waals surface area contributed by atoms with Crippen molar-refractivity contribution in [1.82, 2.24) is 15.1 Å². The number of rotatable bonds is 2. The number of benzene rings is 1. The van der Waals surface area contributed by atoms with E-state index in [0.29, 0.717) is 6.54 Å². The van der Waals surface area contributed by atoms with Crippen molar-refractivity contribution in [2.24, 2.45) is 5.92 Å². The van der Waals surface area contributed by atoms with Gasteiger partial charge in [-0.2, -0.15) is 18.3 Å². The van der Waals surface area contributed by atoms with Crippen LogP contribution in [0.3, 0.4) is 0 Å². The summed E-state index contributed by atoms with van der Waals surface area (Å²) >= 11 is 0. The molecule has 0 amide bonds. The lowest BCUT2D eigenvalue weighted by atomic mass is 9.90. The highest BCUT2D eigenvalue weighted by atomic mass is 19.4. The van der Waals surface area contributed by atoms with Crippen LogP contribution < -0.4 is 5.32 Å². The molecule has 1 aliphatic heterocycles. The van der Waals surface area contributed by atoms with Crippen molar-refractivity contribution in [2.75, 3.05) is 6.54 Å². The molecule has 3 rings (SSSR count). The third-order valence-electron chi connectivity index (χ3n) is 3.90. The smallest absolute Gasteiger partial charge is 0.309 e. The lowest BCUT2D eigenvalue weighted by Crippen LogP contribution is -2.38. The van der Waals surface area contributed by atoms with Gasteiger partial charge in [-0.1, -0.05) is 18.2 Å². The molecule has 1 aromatic heterocycles. The van der Waals surface area contributed by atoms with Gasteiger partial charge in [-0.15, -0.1) is 0 Å². The van der Waals surface area contributed by atoms with E-state index in [9.17, 15) is 13.2 Å². The number of halogens is 3. The molecule has 6 heteroatoms. The summed E-state index contributed by atoms with van der Waals surface area (Å²) in [5.74, 6) is -1.25. The number of hydrogen-bond acceptors (Lipinski definition) is 2. The van der Waals surface area contributed by atoms with Crippen molar-refractivity contribution >= 4 is 0 Å². The summed E-state index contributed by atoms with van der Waals surface area (Å²) in [7, 11) is 0. The molecule has 2 aromatic rings. The zero-order valence-corrected chi connectivity index (χ0v) is 11.3. The molecule has 1 aromatic carbocycles. The molecule has 0 spiro atoms. The van der Waals surface area contributed by atoms with Gasteiger partial charge >= 0.3 is 6.18 Å². The van der Waals surface area contributed by atoms with Gasteiger partial charge in [-0.05, 0) is 37.6 Å². The van der Waals surface area contributed by atoms with Crippen molar-refractivity contribution in [1.29, 1.82) is 0 Å². The maximum Gasteiger partial charge on any atom is 0.391 e. The van der Waals surface area contributed by atoms with Crippen LogP contribution in [0.2, 0.25) is 0 Å². The Balaban J connectivity index is 1.87. The normalized spacial score (nSPS) is 23.2. The van der Waals surface area contributed by atoms with Crippen LogP contribution >= 0.6 is 0 Å². The fourth-order valence-corrected chi connectivity index (χ4v) is 2.80. The topological polar surface area (TPSA) is 29.9 Å². The minimum Gasteiger partial charge on any atom is -0.309 e. The Bertz CT molecular complexity index is 592. The van der Waals surface area contributed by atoms with E-state index in [1.807, 2.05) is 30.3 Å². The highest BCUT2D eigenvalue weighted by Crippen LogP contribution is 2.38. The summed E-state index contributed by atoms with van der Waals surface area (Å²) in [6, 6.07) is 10.9. The number of piperidine rings is 1. The number of hydrogen-bond donors (Lipinski definition) is 1. The number of aromatic nitrogens is 2. The maximum absolute atomic E-state index is 12.9. The van der Waals surface area contributed by atoms with Crippen LogP contribution in [0.15, 0.2) is 42.6 Å². The number of para-hydroxylation sites is 1. The molecule has 1 N–H and O–H groups in total. The number of alkyl halides is 3. The SMILES string of the molecule is FC(F)(F)C1CCNC(c2ccnn2-c2ccccc2)C1. The van der Waals surface area contributed by atoms with Gasteiger partial charge in [-0.25, -0.2) is 4.68 Å². The molecule has 2 heterocycles. The molecule has 0 radical (unpaired) electrons. The molecule has 0 bridgehead atoms. The second kappa shape index (κ2) is 5.52. The molecule has 3 nitrogen and oxygen atoms in total. The van der Waals surface area contributed by atoms with Crippen molar-refractivity contribution in [3.05, 3.63) is 48.3 Å². The van der Waals surface area contributed by atoms with Gasteiger partial charge in [0.05, 0.1) is 23.3 Å². The number of nitrogens with one attached hydrogen (secondary N) is 1. The van der Waals surface area contributed by atoms with Crippen LogP contribution in [-0.4, -0.2) is 22.5 Å². The van der Waals surface area contributed by atoms with Crippen LogP contribution in [0.4, 0.5) is 13.2 Å². The van der Waals surface area contributed by atoms with E-state index in [2.05, 4.69) is 10.4 Å². The first kappa shape index (κ1) is 14.1. The van der Waals surface area contributed by atoms with Gasteiger partial charge < -0.3 is 5.32 Å². The lowest BCUT2D eigenvalue weighted by Gasteiger charge is -2.31. The maximum atomic E-state index is 12.9. The summed E-state index contributed by atoms with van der Waals surface area (Å²) in [4.78, 5) is 0. The molecule has 1 saturated heterocycles. The van der Waals surface area contributed by atoms with Gasteiger partial charge in [-0.3, -0.25) is 0 Å².